The zero-order chi connectivity index (χ0) is 25.7. The molecule has 0 aliphatic rings. The van der Waals surface area contributed by atoms with Gasteiger partial charge in [-0.05, 0) is 55.6 Å². The average molecular weight is 486 g/mol. The molecule has 6 aromatic carbocycles. The summed E-state index contributed by atoms with van der Waals surface area (Å²) in [4.78, 5) is 0. The number of benzene rings is 6. The number of hydrogen-bond acceptors (Lipinski definition) is 0. The highest BCUT2D eigenvalue weighted by molar-refractivity contribution is 5.91. The first-order chi connectivity index (χ1) is 18.8. The van der Waals surface area contributed by atoms with Gasteiger partial charge in [0.25, 0.3) is 0 Å². The van der Waals surface area contributed by atoms with Crippen LogP contribution in [0.3, 0.4) is 0 Å². The molecule has 0 unspecified atom stereocenters. The van der Waals surface area contributed by atoms with Gasteiger partial charge in [-0.25, -0.2) is 0 Å². The van der Waals surface area contributed by atoms with E-state index in [1.807, 2.05) is 0 Å². The molecule has 0 saturated carbocycles. The third-order valence-electron chi connectivity index (χ3n) is 7.23. The lowest BCUT2D eigenvalue weighted by Gasteiger charge is -2.24. The van der Waals surface area contributed by atoms with Gasteiger partial charge in [-0.2, -0.15) is 0 Å². The van der Waals surface area contributed by atoms with Crippen LogP contribution < -0.4 is 0 Å². The molecule has 0 heteroatoms. The number of hydrogen-bond donors (Lipinski definition) is 0. The third kappa shape index (κ3) is 4.58. The van der Waals surface area contributed by atoms with Gasteiger partial charge in [0.15, 0.2) is 0 Å². The minimum absolute atomic E-state index is 1.22. The van der Waals surface area contributed by atoms with Gasteiger partial charge in [0.05, 0.1) is 0 Å². The molecule has 0 aliphatic carbocycles. The van der Waals surface area contributed by atoms with E-state index in [0.717, 1.165) is 0 Å². The van der Waals surface area contributed by atoms with Crippen LogP contribution in [-0.2, 0) is 0 Å². The highest BCUT2D eigenvalue weighted by Gasteiger charge is 2.23. The van der Waals surface area contributed by atoms with Crippen LogP contribution in [0.2, 0.25) is 0 Å². The lowest BCUT2D eigenvalue weighted by atomic mass is 9.79. The zero-order valence-corrected chi connectivity index (χ0v) is 21.5. The Balaban J connectivity index is 1.60. The average Bonchev–Trinajstić information content (AvgIpc) is 3.01. The molecule has 6 rings (SSSR count). The monoisotopic (exact) mass is 485 g/mol. The number of rotatable bonds is 6. The van der Waals surface area contributed by atoms with Gasteiger partial charge in [-0.1, -0.05) is 165 Å². The third-order valence-corrected chi connectivity index (χ3v) is 7.23. The Hall–Kier alpha value is -4.68. The van der Waals surface area contributed by atoms with E-state index in [4.69, 9.17) is 0 Å². The Labute approximate surface area is 225 Å². The van der Waals surface area contributed by atoms with E-state index in [0.29, 0.717) is 0 Å². The summed E-state index contributed by atoms with van der Waals surface area (Å²) in [5.41, 5.74) is 12.4. The van der Waals surface area contributed by atoms with Crippen molar-refractivity contribution >= 4 is 0 Å². The van der Waals surface area contributed by atoms with Crippen LogP contribution in [-0.4, -0.2) is 0 Å². The van der Waals surface area contributed by atoms with Crippen molar-refractivity contribution in [3.63, 3.8) is 0 Å². The van der Waals surface area contributed by atoms with Crippen molar-refractivity contribution in [2.45, 2.75) is 6.92 Å². The Morgan fingerprint density at radius 1 is 0.316 bits per heavy atom. The summed E-state index contributed by atoms with van der Waals surface area (Å²) < 4.78 is 0. The van der Waals surface area contributed by atoms with E-state index in [9.17, 15) is 0 Å². The maximum atomic E-state index is 2.27. The Morgan fingerprint density at radius 3 is 0.974 bits per heavy atom. The molecule has 1 radical (unpaired) electrons. The Kier molecular flexibility index (Phi) is 6.70. The first kappa shape index (κ1) is 23.7. The molecule has 0 bridgehead atoms. The van der Waals surface area contributed by atoms with Crippen LogP contribution in [0.1, 0.15) is 18.1 Å². The molecule has 0 heterocycles. The molecule has 0 saturated heterocycles. The van der Waals surface area contributed by atoms with Crippen molar-refractivity contribution in [2.24, 2.45) is 0 Å². The van der Waals surface area contributed by atoms with Crippen LogP contribution >= 0.6 is 0 Å². The van der Waals surface area contributed by atoms with Crippen LogP contribution in [0.25, 0.3) is 44.5 Å². The molecular formula is C38H29. The highest BCUT2D eigenvalue weighted by atomic mass is 14.3. The highest BCUT2D eigenvalue weighted by Crippen LogP contribution is 2.44. The van der Waals surface area contributed by atoms with Gasteiger partial charge < -0.3 is 0 Å². The van der Waals surface area contributed by atoms with Crippen molar-refractivity contribution in [3.05, 3.63) is 175 Å². The van der Waals surface area contributed by atoms with E-state index < -0.39 is 0 Å². The quantitative estimate of drug-likeness (QED) is 0.220. The normalized spacial score (nSPS) is 11.0. The molecule has 0 N–H and O–H groups in total. The maximum Gasteiger partial charge on any atom is 0.0322 e. The maximum absolute atomic E-state index is 2.27. The van der Waals surface area contributed by atoms with Crippen molar-refractivity contribution in [2.75, 3.05) is 0 Å². The van der Waals surface area contributed by atoms with Crippen LogP contribution in [0.15, 0.2) is 158 Å². The first-order valence-corrected chi connectivity index (χ1v) is 13.1. The molecule has 0 fully saturated rings. The van der Waals surface area contributed by atoms with Crippen LogP contribution in [0.5, 0.6) is 0 Å². The van der Waals surface area contributed by atoms with Crippen LogP contribution in [0.4, 0.5) is 0 Å². The van der Waals surface area contributed by atoms with E-state index >= 15 is 0 Å². The molecule has 0 aromatic heterocycles. The summed E-state index contributed by atoms with van der Waals surface area (Å²) in [6.07, 6.45) is 0. The fourth-order valence-corrected chi connectivity index (χ4v) is 5.42. The predicted octanol–water partition coefficient (Wildman–Crippen LogP) is 10.3. The Bertz CT molecular complexity index is 1510. The van der Waals surface area contributed by atoms with Crippen molar-refractivity contribution in [1.29, 1.82) is 0 Å². The second-order valence-electron chi connectivity index (χ2n) is 9.55. The van der Waals surface area contributed by atoms with Crippen LogP contribution in [0, 0.1) is 5.92 Å². The minimum atomic E-state index is 1.22. The predicted molar refractivity (Wildman–Crippen MR) is 162 cm³/mol. The zero-order valence-electron chi connectivity index (χ0n) is 21.5. The fourth-order valence-electron chi connectivity index (χ4n) is 5.42. The molecule has 181 valence electrons. The molecular weight excluding hydrogens is 456 g/mol. The summed E-state index contributed by atoms with van der Waals surface area (Å²) in [6, 6.07) is 56.4. The van der Waals surface area contributed by atoms with Gasteiger partial charge in [-0.15, -0.1) is 0 Å². The standard InChI is InChI=1S/C38H29/c1-28(33-24-14-26-35(29-16-6-2-7-17-29)37(33)31-20-10-4-11-21-31)34-25-15-27-36(30-18-8-3-9-19-30)38(34)32-22-12-5-13-23-32/h2-27H,1H3. The van der Waals surface area contributed by atoms with Crippen molar-refractivity contribution < 1.29 is 0 Å². The van der Waals surface area contributed by atoms with E-state index in [2.05, 4.69) is 165 Å². The first-order valence-electron chi connectivity index (χ1n) is 13.1. The SMILES string of the molecule is C[C](c1cccc(-c2ccccc2)c1-c1ccccc1)c1cccc(-c2ccccc2)c1-c1ccccc1. The Morgan fingerprint density at radius 2 is 0.632 bits per heavy atom. The minimum Gasteiger partial charge on any atom is -0.0622 e. The van der Waals surface area contributed by atoms with Gasteiger partial charge in [0, 0.05) is 5.92 Å². The summed E-state index contributed by atoms with van der Waals surface area (Å²) in [5, 5.41) is 0. The molecule has 0 nitrogen and oxygen atoms in total. The molecule has 6 aromatic rings. The van der Waals surface area contributed by atoms with Crippen molar-refractivity contribution in [3.8, 4) is 44.5 Å². The van der Waals surface area contributed by atoms with Gasteiger partial charge in [0.2, 0.25) is 0 Å². The molecule has 0 spiro atoms. The molecule has 0 amide bonds. The molecule has 38 heavy (non-hydrogen) atoms. The topological polar surface area (TPSA) is 0 Å². The van der Waals surface area contributed by atoms with Gasteiger partial charge in [0.1, 0.15) is 0 Å². The second kappa shape index (κ2) is 10.7. The molecule has 0 aliphatic heterocycles. The van der Waals surface area contributed by atoms with E-state index in [1.54, 1.807) is 0 Å². The largest absolute Gasteiger partial charge is 0.0622 e. The van der Waals surface area contributed by atoms with Gasteiger partial charge >= 0.3 is 0 Å². The summed E-state index contributed by atoms with van der Waals surface area (Å²) >= 11 is 0. The van der Waals surface area contributed by atoms with E-state index in [1.165, 1.54) is 61.6 Å². The summed E-state index contributed by atoms with van der Waals surface area (Å²) in [7, 11) is 0. The van der Waals surface area contributed by atoms with E-state index in [-0.39, 0.29) is 0 Å². The summed E-state index contributed by atoms with van der Waals surface area (Å²) in [5.74, 6) is 1.26. The summed E-state index contributed by atoms with van der Waals surface area (Å²) in [6.45, 7) is 2.27. The second-order valence-corrected chi connectivity index (χ2v) is 9.55. The van der Waals surface area contributed by atoms with Gasteiger partial charge in [-0.3, -0.25) is 0 Å². The smallest absolute Gasteiger partial charge is 0.0322 e. The lowest BCUT2D eigenvalue weighted by Crippen LogP contribution is -2.04. The van der Waals surface area contributed by atoms with Crippen molar-refractivity contribution in [1.82, 2.24) is 0 Å². The molecule has 0 atom stereocenters. The fraction of sp³-hybridized carbons (Fsp3) is 0.0263. The lowest BCUT2D eigenvalue weighted by molar-refractivity contribution is 1.19.